The molecule has 0 radical (unpaired) electrons. The van der Waals surface area contributed by atoms with Crippen molar-refractivity contribution in [1.29, 1.82) is 5.26 Å². The van der Waals surface area contributed by atoms with Crippen LogP contribution >= 0.6 is 22.9 Å². The summed E-state index contributed by atoms with van der Waals surface area (Å²) < 4.78 is 0.662. The fourth-order valence-electron chi connectivity index (χ4n) is 0.677. The van der Waals surface area contributed by atoms with Crippen molar-refractivity contribution in [1.82, 2.24) is 5.43 Å². The largest absolute Gasteiger partial charge is 0.272 e. The van der Waals surface area contributed by atoms with Crippen LogP contribution in [-0.2, 0) is 4.79 Å². The molecule has 0 saturated carbocycles. The minimum Gasteiger partial charge on any atom is -0.272 e. The van der Waals surface area contributed by atoms with E-state index in [0.717, 1.165) is 4.88 Å². The number of carbonyl (C=O) groups excluding carboxylic acids is 1. The summed E-state index contributed by atoms with van der Waals surface area (Å²) in [5.74, 6) is -0.425. The van der Waals surface area contributed by atoms with Crippen molar-refractivity contribution >= 4 is 35.1 Å². The Labute approximate surface area is 89.8 Å². The van der Waals surface area contributed by atoms with Gasteiger partial charge < -0.3 is 0 Å². The lowest BCUT2D eigenvalue weighted by atomic mass is 10.5. The van der Waals surface area contributed by atoms with Gasteiger partial charge in [0, 0.05) is 4.88 Å². The second kappa shape index (κ2) is 5.37. The molecule has 72 valence electrons. The normalized spacial score (nSPS) is 10.0. The van der Waals surface area contributed by atoms with Crippen LogP contribution in [0.15, 0.2) is 17.2 Å². The van der Waals surface area contributed by atoms with Crippen LogP contribution in [0.25, 0.3) is 0 Å². The van der Waals surface area contributed by atoms with Gasteiger partial charge in [-0.1, -0.05) is 11.6 Å². The maximum Gasteiger partial charge on any atom is 0.254 e. The van der Waals surface area contributed by atoms with Crippen molar-refractivity contribution in [3.8, 4) is 6.07 Å². The zero-order valence-corrected chi connectivity index (χ0v) is 8.60. The topological polar surface area (TPSA) is 65.2 Å². The summed E-state index contributed by atoms with van der Waals surface area (Å²) in [6.07, 6.45) is 1.29. The Hall–Kier alpha value is -1.38. The summed E-state index contributed by atoms with van der Waals surface area (Å²) >= 11 is 7.03. The molecule has 0 aliphatic heterocycles. The second-order valence-electron chi connectivity index (χ2n) is 2.27. The van der Waals surface area contributed by atoms with Gasteiger partial charge in [0.2, 0.25) is 0 Å². The van der Waals surface area contributed by atoms with E-state index in [-0.39, 0.29) is 6.42 Å². The number of nitriles is 1. The van der Waals surface area contributed by atoms with E-state index in [1.165, 1.54) is 17.6 Å². The Morgan fingerprint density at radius 2 is 2.57 bits per heavy atom. The lowest BCUT2D eigenvalue weighted by molar-refractivity contribution is -0.120. The molecule has 14 heavy (non-hydrogen) atoms. The summed E-state index contributed by atoms with van der Waals surface area (Å²) in [6.45, 7) is 0. The number of thiophene rings is 1. The molecule has 4 nitrogen and oxygen atoms in total. The number of carbonyl (C=O) groups is 1. The molecule has 1 aromatic heterocycles. The van der Waals surface area contributed by atoms with E-state index in [2.05, 4.69) is 10.5 Å². The van der Waals surface area contributed by atoms with Crippen molar-refractivity contribution in [2.24, 2.45) is 5.10 Å². The first-order valence-corrected chi connectivity index (χ1v) is 4.86. The Kier molecular flexibility index (Phi) is 4.11. The molecule has 0 aliphatic carbocycles. The van der Waals surface area contributed by atoms with E-state index < -0.39 is 5.91 Å². The number of rotatable bonds is 3. The molecule has 0 aromatic carbocycles. The molecule has 0 atom stereocenters. The van der Waals surface area contributed by atoms with Gasteiger partial charge in [-0.2, -0.15) is 10.4 Å². The summed E-state index contributed by atoms with van der Waals surface area (Å²) in [7, 11) is 0. The average Bonchev–Trinajstić information content (AvgIpc) is 2.52. The Balaban J connectivity index is 2.42. The van der Waals surface area contributed by atoms with Crippen molar-refractivity contribution < 1.29 is 4.79 Å². The van der Waals surface area contributed by atoms with E-state index in [4.69, 9.17) is 16.9 Å². The summed E-state index contributed by atoms with van der Waals surface area (Å²) in [6, 6.07) is 5.24. The van der Waals surface area contributed by atoms with Crippen LogP contribution in [0.2, 0.25) is 4.34 Å². The number of halogens is 1. The summed E-state index contributed by atoms with van der Waals surface area (Å²) in [5, 5.41) is 11.8. The monoisotopic (exact) mass is 227 g/mol. The molecule has 0 saturated heterocycles. The zero-order valence-electron chi connectivity index (χ0n) is 7.03. The minimum atomic E-state index is -0.425. The quantitative estimate of drug-likeness (QED) is 0.632. The van der Waals surface area contributed by atoms with E-state index in [0.29, 0.717) is 4.34 Å². The lowest BCUT2D eigenvalue weighted by Crippen LogP contribution is -2.15. The van der Waals surface area contributed by atoms with Crippen LogP contribution in [0, 0.1) is 11.3 Å². The van der Waals surface area contributed by atoms with E-state index in [1.807, 2.05) is 0 Å². The van der Waals surface area contributed by atoms with E-state index in [1.54, 1.807) is 18.2 Å². The van der Waals surface area contributed by atoms with Gasteiger partial charge in [-0.15, -0.1) is 11.3 Å². The number of hydrogen-bond donors (Lipinski definition) is 1. The van der Waals surface area contributed by atoms with Crippen LogP contribution in [0.4, 0.5) is 0 Å². The van der Waals surface area contributed by atoms with Crippen LogP contribution in [0.1, 0.15) is 11.3 Å². The molecule has 1 N–H and O–H groups in total. The predicted octanol–water partition coefficient (Wildman–Crippen LogP) is 1.77. The standard InChI is InChI=1S/C8H6ClN3OS/c9-7-2-1-6(14-7)5-11-12-8(13)3-4-10/h1-2,5H,3H2,(H,12,13)/b11-5-. The van der Waals surface area contributed by atoms with Crippen LogP contribution < -0.4 is 5.43 Å². The van der Waals surface area contributed by atoms with Gasteiger partial charge in [-0.3, -0.25) is 4.79 Å². The molecule has 6 heteroatoms. The highest BCUT2D eigenvalue weighted by atomic mass is 35.5. The van der Waals surface area contributed by atoms with Crippen LogP contribution in [-0.4, -0.2) is 12.1 Å². The van der Waals surface area contributed by atoms with Crippen molar-refractivity contribution in [3.63, 3.8) is 0 Å². The highest BCUT2D eigenvalue weighted by Gasteiger charge is 1.96. The van der Waals surface area contributed by atoms with Crippen LogP contribution in [0.5, 0.6) is 0 Å². The third kappa shape index (κ3) is 3.56. The lowest BCUT2D eigenvalue weighted by Gasteiger charge is -1.90. The first-order valence-electron chi connectivity index (χ1n) is 3.66. The fourth-order valence-corrected chi connectivity index (χ4v) is 1.61. The SMILES string of the molecule is N#CCC(=O)N/N=C\c1ccc(Cl)s1. The molecule has 0 spiro atoms. The molecule has 0 bridgehead atoms. The molecule has 1 aromatic rings. The minimum absolute atomic E-state index is 0.192. The Morgan fingerprint density at radius 3 is 3.14 bits per heavy atom. The molecule has 1 heterocycles. The molecule has 1 amide bonds. The maximum absolute atomic E-state index is 10.8. The zero-order chi connectivity index (χ0) is 10.4. The summed E-state index contributed by atoms with van der Waals surface area (Å²) in [4.78, 5) is 11.6. The third-order valence-electron chi connectivity index (χ3n) is 1.21. The molecule has 0 fully saturated rings. The molecule has 1 rings (SSSR count). The highest BCUT2D eigenvalue weighted by molar-refractivity contribution is 7.17. The van der Waals surface area contributed by atoms with Crippen molar-refractivity contribution in [2.75, 3.05) is 0 Å². The Bertz CT molecular complexity index is 394. The van der Waals surface area contributed by atoms with E-state index in [9.17, 15) is 4.79 Å². The molecule has 0 unspecified atom stereocenters. The van der Waals surface area contributed by atoms with Gasteiger partial charge in [0.15, 0.2) is 0 Å². The van der Waals surface area contributed by atoms with Crippen molar-refractivity contribution in [3.05, 3.63) is 21.3 Å². The summed E-state index contributed by atoms with van der Waals surface area (Å²) in [5.41, 5.74) is 2.21. The van der Waals surface area contributed by atoms with E-state index >= 15 is 0 Å². The first kappa shape index (κ1) is 10.7. The predicted molar refractivity (Wildman–Crippen MR) is 55.3 cm³/mol. The number of nitrogens with zero attached hydrogens (tertiary/aromatic N) is 2. The van der Waals surface area contributed by atoms with Gasteiger partial charge in [-0.05, 0) is 12.1 Å². The number of hydrazone groups is 1. The highest BCUT2D eigenvalue weighted by Crippen LogP contribution is 2.19. The second-order valence-corrected chi connectivity index (χ2v) is 4.02. The van der Waals surface area contributed by atoms with Gasteiger partial charge in [-0.25, -0.2) is 5.43 Å². The fraction of sp³-hybridized carbons (Fsp3) is 0.125. The number of hydrogen-bond acceptors (Lipinski definition) is 4. The molecular weight excluding hydrogens is 222 g/mol. The maximum atomic E-state index is 10.8. The average molecular weight is 228 g/mol. The number of amides is 1. The van der Waals surface area contributed by atoms with Gasteiger partial charge in [0.25, 0.3) is 5.91 Å². The van der Waals surface area contributed by atoms with Crippen LogP contribution in [0.3, 0.4) is 0 Å². The van der Waals surface area contributed by atoms with Gasteiger partial charge in [0.05, 0.1) is 16.6 Å². The van der Waals surface area contributed by atoms with Crippen molar-refractivity contribution in [2.45, 2.75) is 6.42 Å². The smallest absolute Gasteiger partial charge is 0.254 e. The third-order valence-corrected chi connectivity index (χ3v) is 2.38. The molecular formula is C8H6ClN3OS. The van der Waals surface area contributed by atoms with Gasteiger partial charge >= 0.3 is 0 Å². The number of nitrogens with one attached hydrogen (secondary N) is 1. The molecule has 0 aliphatic rings. The Morgan fingerprint density at radius 1 is 1.79 bits per heavy atom. The van der Waals surface area contributed by atoms with Gasteiger partial charge in [0.1, 0.15) is 6.42 Å². The first-order chi connectivity index (χ1) is 6.72.